The molecule has 0 saturated carbocycles. The summed E-state index contributed by atoms with van der Waals surface area (Å²) in [5.74, 6) is -0.140. The Morgan fingerprint density at radius 1 is 0.658 bits per heavy atom. The number of imide groups is 1. The maximum Gasteiger partial charge on any atom is 0.285 e. The van der Waals surface area contributed by atoms with Crippen molar-refractivity contribution in [3.05, 3.63) is 71.8 Å². The Labute approximate surface area is 218 Å². The van der Waals surface area contributed by atoms with Gasteiger partial charge in [0.1, 0.15) is 34.1 Å². The molecular weight excluding hydrogens is 488 g/mol. The van der Waals surface area contributed by atoms with Crippen molar-refractivity contribution < 1.29 is 29.3 Å². The molecular formula is C28H26N4O6. The minimum Gasteiger partial charge on any atom is -0.508 e. The lowest BCUT2D eigenvalue weighted by molar-refractivity contribution is 0.0885. The average Bonchev–Trinajstić information content (AvgIpc) is 3.46. The minimum atomic E-state index is -0.613. The lowest BCUT2D eigenvalue weighted by Gasteiger charge is -2.19. The standard InChI is InChI=1S/C28H26N4O6/c1-3-15-37-21-13-14-22(38-16-4-2)24-23(21)27(35)32(28(24)36)31-25(17-5-9-19(33)10-6-17)29-30-26(31)18-7-11-20(34)12-8-18/h5-14,33-34H,3-4,15-16H2,1-2H3. The number of amides is 2. The van der Waals surface area contributed by atoms with Crippen molar-refractivity contribution in [2.45, 2.75) is 26.7 Å². The van der Waals surface area contributed by atoms with Crippen LogP contribution in [-0.4, -0.2) is 50.1 Å². The second-order valence-corrected chi connectivity index (χ2v) is 8.68. The predicted molar refractivity (Wildman–Crippen MR) is 139 cm³/mol. The van der Waals surface area contributed by atoms with Crippen LogP contribution in [0.4, 0.5) is 0 Å². The van der Waals surface area contributed by atoms with Gasteiger partial charge in [-0.15, -0.1) is 10.2 Å². The highest BCUT2D eigenvalue weighted by molar-refractivity contribution is 6.33. The summed E-state index contributed by atoms with van der Waals surface area (Å²) in [5, 5.41) is 29.1. The van der Waals surface area contributed by atoms with Gasteiger partial charge in [0.25, 0.3) is 11.8 Å². The molecule has 1 aromatic heterocycles. The van der Waals surface area contributed by atoms with E-state index in [0.717, 1.165) is 17.9 Å². The maximum absolute atomic E-state index is 14.0. The lowest BCUT2D eigenvalue weighted by atomic mass is 10.1. The van der Waals surface area contributed by atoms with Crippen LogP contribution in [0.3, 0.4) is 0 Å². The normalized spacial score (nSPS) is 12.6. The number of phenolic OH excluding ortho intramolecular Hbond substituents is 2. The van der Waals surface area contributed by atoms with Gasteiger partial charge in [-0.1, -0.05) is 13.8 Å². The first kappa shape index (κ1) is 24.8. The number of hydrogen-bond donors (Lipinski definition) is 2. The fourth-order valence-electron chi connectivity index (χ4n) is 4.19. The van der Waals surface area contributed by atoms with Gasteiger partial charge in [-0.2, -0.15) is 5.01 Å². The topological polar surface area (TPSA) is 127 Å². The summed E-state index contributed by atoms with van der Waals surface area (Å²) >= 11 is 0. The molecule has 1 aliphatic rings. The van der Waals surface area contributed by atoms with Crippen LogP contribution in [-0.2, 0) is 0 Å². The van der Waals surface area contributed by atoms with Crippen LogP contribution in [0.2, 0.25) is 0 Å². The van der Waals surface area contributed by atoms with E-state index in [1.165, 1.54) is 28.9 Å². The van der Waals surface area contributed by atoms with Gasteiger partial charge in [0.05, 0.1) is 13.2 Å². The highest BCUT2D eigenvalue weighted by Crippen LogP contribution is 2.39. The van der Waals surface area contributed by atoms with Crippen LogP contribution >= 0.6 is 0 Å². The first-order chi connectivity index (χ1) is 18.4. The number of aromatic nitrogens is 3. The molecule has 0 bridgehead atoms. The van der Waals surface area contributed by atoms with Gasteiger partial charge in [-0.3, -0.25) is 9.59 Å². The van der Waals surface area contributed by atoms with Crippen molar-refractivity contribution >= 4 is 11.8 Å². The average molecular weight is 515 g/mol. The highest BCUT2D eigenvalue weighted by atomic mass is 16.5. The molecule has 3 aromatic carbocycles. The monoisotopic (exact) mass is 514 g/mol. The Morgan fingerprint density at radius 2 is 1.05 bits per heavy atom. The predicted octanol–water partition coefficient (Wildman–Crippen LogP) is 4.53. The van der Waals surface area contributed by atoms with Gasteiger partial charge in [-0.25, -0.2) is 4.68 Å². The van der Waals surface area contributed by atoms with E-state index in [2.05, 4.69) is 10.2 Å². The largest absolute Gasteiger partial charge is 0.508 e. The highest BCUT2D eigenvalue weighted by Gasteiger charge is 2.44. The van der Waals surface area contributed by atoms with Crippen LogP contribution in [0.5, 0.6) is 23.0 Å². The number of ether oxygens (including phenoxy) is 2. The number of nitrogens with zero attached hydrogens (tertiary/aromatic N) is 4. The van der Waals surface area contributed by atoms with Crippen molar-refractivity contribution in [1.29, 1.82) is 0 Å². The molecule has 5 rings (SSSR count). The SMILES string of the molecule is CCCOc1ccc(OCCC)c2c1C(=O)N(n1c(-c3ccc(O)cc3)nnc1-c1ccc(O)cc1)C2=O. The zero-order chi connectivity index (χ0) is 26.8. The molecule has 0 spiro atoms. The van der Waals surface area contributed by atoms with Gasteiger partial charge in [0, 0.05) is 11.1 Å². The molecule has 0 radical (unpaired) electrons. The summed E-state index contributed by atoms with van der Waals surface area (Å²) in [6, 6.07) is 15.6. The van der Waals surface area contributed by atoms with Crippen LogP contribution < -0.4 is 14.5 Å². The number of hydrogen-bond acceptors (Lipinski definition) is 8. The first-order valence-corrected chi connectivity index (χ1v) is 12.3. The Kier molecular flexibility index (Phi) is 6.69. The number of rotatable bonds is 9. The lowest BCUT2D eigenvalue weighted by Crippen LogP contribution is -2.41. The Morgan fingerprint density at radius 3 is 1.42 bits per heavy atom. The number of benzene rings is 3. The second-order valence-electron chi connectivity index (χ2n) is 8.68. The van der Waals surface area contributed by atoms with Crippen LogP contribution in [0.15, 0.2) is 60.7 Å². The zero-order valence-corrected chi connectivity index (χ0v) is 20.9. The molecule has 0 saturated heterocycles. The Hall–Kier alpha value is -4.86. The number of aromatic hydroxyl groups is 2. The molecule has 2 N–H and O–H groups in total. The zero-order valence-electron chi connectivity index (χ0n) is 20.9. The fourth-order valence-corrected chi connectivity index (χ4v) is 4.19. The van der Waals surface area contributed by atoms with E-state index in [4.69, 9.17) is 9.47 Å². The summed E-state index contributed by atoms with van der Waals surface area (Å²) in [5.41, 5.74) is 1.25. The van der Waals surface area contributed by atoms with Gasteiger partial charge < -0.3 is 19.7 Å². The van der Waals surface area contributed by atoms with E-state index in [1.807, 2.05) is 13.8 Å². The van der Waals surface area contributed by atoms with E-state index in [0.29, 0.717) is 24.3 Å². The summed E-state index contributed by atoms with van der Waals surface area (Å²) in [6.45, 7) is 4.63. The van der Waals surface area contributed by atoms with Crippen molar-refractivity contribution in [1.82, 2.24) is 14.9 Å². The van der Waals surface area contributed by atoms with Gasteiger partial charge >= 0.3 is 0 Å². The molecule has 0 atom stereocenters. The van der Waals surface area contributed by atoms with Crippen LogP contribution in [0.1, 0.15) is 47.4 Å². The van der Waals surface area contributed by atoms with Crippen molar-refractivity contribution in [3.63, 3.8) is 0 Å². The summed E-state index contributed by atoms with van der Waals surface area (Å²) in [6.07, 6.45) is 1.44. The van der Waals surface area contributed by atoms with Gasteiger partial charge in [-0.05, 0) is 73.5 Å². The summed E-state index contributed by atoms with van der Waals surface area (Å²) < 4.78 is 13.0. The number of fused-ring (bicyclic) bond motifs is 1. The van der Waals surface area contributed by atoms with Crippen LogP contribution in [0.25, 0.3) is 22.8 Å². The molecule has 0 fully saturated rings. The van der Waals surface area contributed by atoms with Crippen molar-refractivity contribution in [2.75, 3.05) is 18.2 Å². The molecule has 38 heavy (non-hydrogen) atoms. The third kappa shape index (κ3) is 4.30. The number of carbonyl (C=O) groups excluding carboxylic acids is 2. The smallest absolute Gasteiger partial charge is 0.285 e. The van der Waals surface area contributed by atoms with E-state index < -0.39 is 11.8 Å². The molecule has 4 aromatic rings. The summed E-state index contributed by atoms with van der Waals surface area (Å²) in [4.78, 5) is 28.0. The van der Waals surface area contributed by atoms with Gasteiger partial charge in [0.15, 0.2) is 11.6 Å². The third-order valence-electron chi connectivity index (χ3n) is 5.96. The number of carbonyl (C=O) groups is 2. The van der Waals surface area contributed by atoms with E-state index >= 15 is 0 Å². The third-order valence-corrected chi connectivity index (χ3v) is 5.96. The molecule has 0 aliphatic carbocycles. The number of phenols is 2. The maximum atomic E-state index is 14.0. The molecule has 10 heteroatoms. The summed E-state index contributed by atoms with van der Waals surface area (Å²) in [7, 11) is 0. The van der Waals surface area contributed by atoms with Gasteiger partial charge in [0.2, 0.25) is 0 Å². The Bertz CT molecular complexity index is 1390. The molecule has 0 unspecified atom stereocenters. The van der Waals surface area contributed by atoms with E-state index in [-0.39, 0.29) is 45.8 Å². The van der Waals surface area contributed by atoms with Crippen LogP contribution in [0, 0.1) is 0 Å². The Balaban J connectivity index is 1.71. The molecule has 2 heterocycles. The molecule has 2 amide bonds. The fraction of sp³-hybridized carbons (Fsp3) is 0.214. The second kappa shape index (κ2) is 10.3. The first-order valence-electron chi connectivity index (χ1n) is 12.3. The van der Waals surface area contributed by atoms with E-state index in [9.17, 15) is 19.8 Å². The van der Waals surface area contributed by atoms with Crippen molar-refractivity contribution in [2.24, 2.45) is 0 Å². The van der Waals surface area contributed by atoms with Crippen molar-refractivity contribution in [3.8, 4) is 45.8 Å². The molecule has 194 valence electrons. The minimum absolute atomic E-state index is 0.0507. The molecule has 10 nitrogen and oxygen atoms in total. The molecule has 1 aliphatic heterocycles. The quantitative estimate of drug-likeness (QED) is 0.312. The van der Waals surface area contributed by atoms with E-state index in [1.54, 1.807) is 36.4 Å².